The second kappa shape index (κ2) is 5.14. The SMILES string of the molecule is NNC(C1=CCCCCC1)c1ccoc1. The van der Waals surface area contributed by atoms with Crippen LogP contribution in [0.4, 0.5) is 0 Å². The first-order chi connectivity index (χ1) is 7.42. The molecule has 1 aromatic heterocycles. The number of hydrazine groups is 1. The highest BCUT2D eigenvalue weighted by Crippen LogP contribution is 2.28. The molecule has 3 N–H and O–H groups in total. The molecule has 1 aromatic rings. The number of hydrogen-bond acceptors (Lipinski definition) is 3. The molecule has 0 radical (unpaired) electrons. The minimum Gasteiger partial charge on any atom is -0.472 e. The lowest BCUT2D eigenvalue weighted by atomic mass is 9.98. The zero-order valence-electron chi connectivity index (χ0n) is 8.91. The second-order valence-electron chi connectivity index (χ2n) is 4.03. The number of rotatable bonds is 3. The molecule has 0 amide bonds. The summed E-state index contributed by atoms with van der Waals surface area (Å²) in [5.74, 6) is 5.61. The average Bonchev–Trinajstić information content (AvgIpc) is 2.63. The van der Waals surface area contributed by atoms with Crippen LogP contribution in [0.2, 0.25) is 0 Å². The van der Waals surface area contributed by atoms with Crippen molar-refractivity contribution in [3.05, 3.63) is 35.8 Å². The molecule has 1 unspecified atom stereocenters. The monoisotopic (exact) mass is 206 g/mol. The molecule has 1 aliphatic carbocycles. The molecule has 15 heavy (non-hydrogen) atoms. The predicted molar refractivity (Wildman–Crippen MR) is 59.9 cm³/mol. The molecule has 1 heterocycles. The number of nitrogens with two attached hydrogens (primary N) is 1. The normalized spacial score (nSPS) is 19.4. The van der Waals surface area contributed by atoms with Gasteiger partial charge in [-0.15, -0.1) is 0 Å². The van der Waals surface area contributed by atoms with Gasteiger partial charge in [0.1, 0.15) is 0 Å². The fraction of sp³-hybridized carbons (Fsp3) is 0.500. The Balaban J connectivity index is 2.15. The summed E-state index contributed by atoms with van der Waals surface area (Å²) in [5, 5.41) is 0. The molecular formula is C12H18N2O. The van der Waals surface area contributed by atoms with E-state index in [1.165, 1.54) is 31.3 Å². The molecule has 3 nitrogen and oxygen atoms in total. The summed E-state index contributed by atoms with van der Waals surface area (Å²) in [6.07, 6.45) is 12.0. The first-order valence-electron chi connectivity index (χ1n) is 5.59. The van der Waals surface area contributed by atoms with E-state index in [2.05, 4.69) is 11.5 Å². The summed E-state index contributed by atoms with van der Waals surface area (Å²) in [7, 11) is 0. The van der Waals surface area contributed by atoms with Crippen molar-refractivity contribution in [2.75, 3.05) is 0 Å². The van der Waals surface area contributed by atoms with Gasteiger partial charge in [-0.25, -0.2) is 5.43 Å². The molecular weight excluding hydrogens is 188 g/mol. The van der Waals surface area contributed by atoms with Crippen LogP contribution in [-0.4, -0.2) is 0 Å². The highest BCUT2D eigenvalue weighted by atomic mass is 16.3. The van der Waals surface area contributed by atoms with Crippen LogP contribution < -0.4 is 11.3 Å². The summed E-state index contributed by atoms with van der Waals surface area (Å²) in [6.45, 7) is 0. The van der Waals surface area contributed by atoms with E-state index in [0.29, 0.717) is 0 Å². The maximum absolute atomic E-state index is 5.61. The summed E-state index contributed by atoms with van der Waals surface area (Å²) in [5.41, 5.74) is 5.39. The smallest absolute Gasteiger partial charge is 0.0954 e. The van der Waals surface area contributed by atoms with E-state index in [9.17, 15) is 0 Å². The number of furan rings is 1. The van der Waals surface area contributed by atoms with Crippen LogP contribution in [0.3, 0.4) is 0 Å². The maximum Gasteiger partial charge on any atom is 0.0954 e. The molecule has 1 atom stereocenters. The third kappa shape index (κ3) is 2.49. The Labute approximate surface area is 90.3 Å². The van der Waals surface area contributed by atoms with Crippen molar-refractivity contribution in [2.24, 2.45) is 5.84 Å². The Morgan fingerprint density at radius 2 is 2.27 bits per heavy atom. The molecule has 3 heteroatoms. The van der Waals surface area contributed by atoms with Crippen LogP contribution >= 0.6 is 0 Å². The minimum absolute atomic E-state index is 0.127. The van der Waals surface area contributed by atoms with Gasteiger partial charge in [0.2, 0.25) is 0 Å². The van der Waals surface area contributed by atoms with Gasteiger partial charge < -0.3 is 4.42 Å². The van der Waals surface area contributed by atoms with E-state index in [-0.39, 0.29) is 6.04 Å². The van der Waals surface area contributed by atoms with Crippen molar-refractivity contribution in [3.63, 3.8) is 0 Å². The first-order valence-corrected chi connectivity index (χ1v) is 5.59. The Kier molecular flexibility index (Phi) is 3.59. The predicted octanol–water partition coefficient (Wildman–Crippen LogP) is 2.67. The van der Waals surface area contributed by atoms with Gasteiger partial charge in [-0.1, -0.05) is 18.1 Å². The molecule has 0 aliphatic heterocycles. The van der Waals surface area contributed by atoms with Gasteiger partial charge in [-0.05, 0) is 31.7 Å². The van der Waals surface area contributed by atoms with Gasteiger partial charge in [0.25, 0.3) is 0 Å². The molecule has 2 rings (SSSR count). The lowest BCUT2D eigenvalue weighted by molar-refractivity contribution is 0.546. The summed E-state index contributed by atoms with van der Waals surface area (Å²) in [4.78, 5) is 0. The molecule has 0 saturated heterocycles. The van der Waals surface area contributed by atoms with Crippen molar-refractivity contribution >= 4 is 0 Å². The quantitative estimate of drug-likeness (QED) is 0.454. The van der Waals surface area contributed by atoms with Crippen molar-refractivity contribution < 1.29 is 4.42 Å². The third-order valence-corrected chi connectivity index (χ3v) is 2.99. The summed E-state index contributed by atoms with van der Waals surface area (Å²) < 4.78 is 5.10. The molecule has 0 fully saturated rings. The lowest BCUT2D eigenvalue weighted by Crippen LogP contribution is -2.29. The zero-order chi connectivity index (χ0) is 10.5. The summed E-state index contributed by atoms with van der Waals surface area (Å²) in [6, 6.07) is 2.10. The van der Waals surface area contributed by atoms with Gasteiger partial charge in [-0.3, -0.25) is 5.84 Å². The fourth-order valence-electron chi connectivity index (χ4n) is 2.16. The van der Waals surface area contributed by atoms with E-state index in [1.54, 1.807) is 12.5 Å². The Bertz CT molecular complexity index is 316. The van der Waals surface area contributed by atoms with Gasteiger partial charge in [0.05, 0.1) is 18.6 Å². The lowest BCUT2D eigenvalue weighted by Gasteiger charge is -2.17. The molecule has 0 saturated carbocycles. The largest absolute Gasteiger partial charge is 0.472 e. The molecule has 82 valence electrons. The van der Waals surface area contributed by atoms with Gasteiger partial charge >= 0.3 is 0 Å². The molecule has 0 aromatic carbocycles. The summed E-state index contributed by atoms with van der Waals surface area (Å²) >= 11 is 0. The highest BCUT2D eigenvalue weighted by Gasteiger charge is 2.16. The van der Waals surface area contributed by atoms with Crippen molar-refractivity contribution in [2.45, 2.75) is 38.1 Å². The van der Waals surface area contributed by atoms with E-state index in [1.807, 2.05) is 6.07 Å². The van der Waals surface area contributed by atoms with Crippen molar-refractivity contribution in [3.8, 4) is 0 Å². The van der Waals surface area contributed by atoms with Crippen LogP contribution in [0.5, 0.6) is 0 Å². The van der Waals surface area contributed by atoms with Crippen molar-refractivity contribution in [1.82, 2.24) is 5.43 Å². The number of nitrogens with one attached hydrogen (secondary N) is 1. The number of hydrogen-bond donors (Lipinski definition) is 2. The first kappa shape index (κ1) is 10.5. The van der Waals surface area contributed by atoms with Crippen LogP contribution in [0, 0.1) is 0 Å². The highest BCUT2D eigenvalue weighted by molar-refractivity contribution is 5.25. The number of allylic oxidation sites excluding steroid dienone is 1. The van der Waals surface area contributed by atoms with E-state index >= 15 is 0 Å². The van der Waals surface area contributed by atoms with E-state index in [4.69, 9.17) is 10.3 Å². The maximum atomic E-state index is 5.61. The second-order valence-corrected chi connectivity index (χ2v) is 4.03. The Morgan fingerprint density at radius 3 is 3.00 bits per heavy atom. The molecule has 1 aliphatic rings. The van der Waals surface area contributed by atoms with Crippen LogP contribution in [0.1, 0.15) is 43.7 Å². The Morgan fingerprint density at radius 1 is 1.33 bits per heavy atom. The minimum atomic E-state index is 0.127. The van der Waals surface area contributed by atoms with Gasteiger partial charge in [0.15, 0.2) is 0 Å². The van der Waals surface area contributed by atoms with Crippen LogP contribution in [0.15, 0.2) is 34.7 Å². The van der Waals surface area contributed by atoms with E-state index < -0.39 is 0 Å². The third-order valence-electron chi connectivity index (χ3n) is 2.99. The molecule has 0 spiro atoms. The fourth-order valence-corrected chi connectivity index (χ4v) is 2.16. The van der Waals surface area contributed by atoms with Gasteiger partial charge in [-0.2, -0.15) is 0 Å². The van der Waals surface area contributed by atoms with E-state index in [0.717, 1.165) is 12.0 Å². The van der Waals surface area contributed by atoms with Gasteiger partial charge in [0, 0.05) is 5.56 Å². The topological polar surface area (TPSA) is 51.2 Å². The van der Waals surface area contributed by atoms with Crippen LogP contribution in [-0.2, 0) is 0 Å². The van der Waals surface area contributed by atoms with Crippen LogP contribution in [0.25, 0.3) is 0 Å². The average molecular weight is 206 g/mol. The zero-order valence-corrected chi connectivity index (χ0v) is 8.91. The standard InChI is InChI=1S/C12H18N2O/c13-14-12(11-7-8-15-9-11)10-5-3-1-2-4-6-10/h5,7-9,12,14H,1-4,6,13H2. The Hall–Kier alpha value is -1.06. The van der Waals surface area contributed by atoms with Crippen molar-refractivity contribution in [1.29, 1.82) is 0 Å². The molecule has 0 bridgehead atoms.